The van der Waals surface area contributed by atoms with Gasteiger partial charge in [0.05, 0.1) is 18.4 Å². The van der Waals surface area contributed by atoms with Crippen LogP contribution in [0.4, 0.5) is 5.69 Å². The Labute approximate surface area is 188 Å². The van der Waals surface area contributed by atoms with Crippen molar-refractivity contribution in [3.05, 3.63) is 34.2 Å². The zero-order valence-electron chi connectivity index (χ0n) is 19.0. The van der Waals surface area contributed by atoms with Crippen LogP contribution in [0, 0.1) is 0 Å². The molecule has 3 heterocycles. The van der Waals surface area contributed by atoms with Gasteiger partial charge in [0, 0.05) is 50.9 Å². The van der Waals surface area contributed by atoms with E-state index in [1.807, 2.05) is 19.2 Å². The highest BCUT2D eigenvalue weighted by Gasteiger charge is 2.24. The average Bonchev–Trinajstić information content (AvgIpc) is 2.99. The number of benzene rings is 1. The molecule has 1 saturated heterocycles. The largest absolute Gasteiger partial charge is 0.496 e. The molecule has 0 spiro atoms. The first-order chi connectivity index (χ1) is 15.7. The van der Waals surface area contributed by atoms with Gasteiger partial charge in [-0.05, 0) is 25.0 Å². The number of hydrogen-bond acceptors (Lipinski definition) is 6. The number of methoxy groups -OCH3 is 1. The van der Waals surface area contributed by atoms with Gasteiger partial charge in [-0.15, -0.1) is 0 Å². The number of ether oxygens (including phenoxy) is 1. The lowest BCUT2D eigenvalue weighted by Crippen LogP contribution is -2.43. The molecule has 170 valence electrons. The highest BCUT2D eigenvalue weighted by molar-refractivity contribution is 5.81. The summed E-state index contributed by atoms with van der Waals surface area (Å²) in [6.45, 7) is 3.86. The number of anilines is 1. The molecule has 2 aliphatic rings. The van der Waals surface area contributed by atoms with E-state index in [1.165, 1.54) is 25.7 Å². The van der Waals surface area contributed by atoms with E-state index in [9.17, 15) is 4.79 Å². The second-order valence-corrected chi connectivity index (χ2v) is 8.93. The number of H-pyrrole nitrogens is 1. The molecule has 1 aliphatic carbocycles. The Morgan fingerprint density at radius 1 is 1.09 bits per heavy atom. The third kappa shape index (κ3) is 3.88. The zero-order chi connectivity index (χ0) is 22.1. The number of piperazine rings is 1. The second-order valence-electron chi connectivity index (χ2n) is 8.93. The fourth-order valence-corrected chi connectivity index (χ4v) is 5.15. The third-order valence-corrected chi connectivity index (χ3v) is 6.88. The number of nitrogens with zero attached hydrogens (tertiary/aromatic N) is 4. The van der Waals surface area contributed by atoms with E-state index in [0.29, 0.717) is 28.5 Å². The number of aryl methyl sites for hydroxylation is 1. The molecule has 0 radical (unpaired) electrons. The average molecular weight is 437 g/mol. The first kappa shape index (κ1) is 21.0. The van der Waals surface area contributed by atoms with E-state index in [2.05, 4.69) is 21.3 Å². The van der Waals surface area contributed by atoms with Crippen molar-refractivity contribution in [2.75, 3.05) is 38.2 Å². The molecule has 8 heteroatoms. The Morgan fingerprint density at radius 3 is 2.56 bits per heavy atom. The van der Waals surface area contributed by atoms with E-state index in [-0.39, 0.29) is 5.56 Å². The molecule has 2 N–H and O–H groups in total. The van der Waals surface area contributed by atoms with Gasteiger partial charge in [0.2, 0.25) is 0 Å². The molecule has 2 aromatic heterocycles. The minimum absolute atomic E-state index is 0.120. The molecule has 5 rings (SSSR count). The van der Waals surface area contributed by atoms with Gasteiger partial charge < -0.3 is 19.9 Å². The van der Waals surface area contributed by atoms with Crippen molar-refractivity contribution in [2.45, 2.75) is 44.4 Å². The minimum Gasteiger partial charge on any atom is -0.496 e. The Kier molecular flexibility index (Phi) is 5.87. The predicted molar refractivity (Wildman–Crippen MR) is 127 cm³/mol. The number of hydrogen-bond donors (Lipinski definition) is 2. The van der Waals surface area contributed by atoms with Crippen molar-refractivity contribution in [1.29, 1.82) is 0 Å². The monoisotopic (exact) mass is 436 g/mol. The number of aromatic nitrogens is 4. The zero-order valence-corrected chi connectivity index (χ0v) is 19.0. The lowest BCUT2D eigenvalue weighted by molar-refractivity contribution is 0.416. The van der Waals surface area contributed by atoms with Crippen LogP contribution in [-0.4, -0.2) is 53.0 Å². The molecular weight excluding hydrogens is 404 g/mol. The Bertz CT molecular complexity index is 1150. The lowest BCUT2D eigenvalue weighted by Gasteiger charge is -2.29. The van der Waals surface area contributed by atoms with Gasteiger partial charge in [-0.25, -0.2) is 9.67 Å². The molecular formula is C24H32N6O2. The van der Waals surface area contributed by atoms with Gasteiger partial charge in [0.1, 0.15) is 17.0 Å². The highest BCUT2D eigenvalue weighted by Crippen LogP contribution is 2.35. The van der Waals surface area contributed by atoms with Gasteiger partial charge >= 0.3 is 0 Å². The van der Waals surface area contributed by atoms with Gasteiger partial charge in [0.15, 0.2) is 5.65 Å². The standard InChI is InChI=1S/C24H32N6O2/c1-29-23-20(21(28-29)16-7-5-3-4-6-8-16)24(31)27-22(26-23)18-10-9-17(15-19(18)32-2)30-13-11-25-12-14-30/h9-10,15-16,25H,3-8,11-14H2,1-2H3,(H,26,27,31). The van der Waals surface area contributed by atoms with Crippen LogP contribution in [0.2, 0.25) is 0 Å². The number of fused-ring (bicyclic) bond motifs is 1. The summed E-state index contributed by atoms with van der Waals surface area (Å²) >= 11 is 0. The molecule has 1 saturated carbocycles. The van der Waals surface area contributed by atoms with Crippen molar-refractivity contribution in [3.8, 4) is 17.1 Å². The summed E-state index contributed by atoms with van der Waals surface area (Å²) in [6.07, 6.45) is 7.11. The van der Waals surface area contributed by atoms with Crippen molar-refractivity contribution in [3.63, 3.8) is 0 Å². The normalized spacial score (nSPS) is 18.1. The molecule has 0 unspecified atom stereocenters. The Hall–Kier alpha value is -2.87. The quantitative estimate of drug-likeness (QED) is 0.611. The first-order valence-electron chi connectivity index (χ1n) is 11.8. The van der Waals surface area contributed by atoms with E-state index in [0.717, 1.165) is 56.0 Å². The van der Waals surface area contributed by atoms with Crippen molar-refractivity contribution in [2.24, 2.45) is 7.05 Å². The summed E-state index contributed by atoms with van der Waals surface area (Å²) in [4.78, 5) is 23.4. The summed E-state index contributed by atoms with van der Waals surface area (Å²) in [7, 11) is 3.54. The van der Waals surface area contributed by atoms with Crippen LogP contribution in [0.3, 0.4) is 0 Å². The fraction of sp³-hybridized carbons (Fsp3) is 0.542. The number of aromatic amines is 1. The summed E-state index contributed by atoms with van der Waals surface area (Å²) in [6, 6.07) is 6.10. The van der Waals surface area contributed by atoms with Crippen LogP contribution in [0.25, 0.3) is 22.4 Å². The third-order valence-electron chi connectivity index (χ3n) is 6.88. The minimum atomic E-state index is -0.120. The summed E-state index contributed by atoms with van der Waals surface area (Å²) < 4.78 is 7.46. The van der Waals surface area contributed by atoms with E-state index in [4.69, 9.17) is 14.8 Å². The lowest BCUT2D eigenvalue weighted by atomic mass is 9.95. The SMILES string of the molecule is COc1cc(N2CCNCC2)ccc1-c1nc2c(c(C3CCCCCC3)nn2C)c(=O)[nH]1. The van der Waals surface area contributed by atoms with Crippen LogP contribution in [0.5, 0.6) is 5.75 Å². The highest BCUT2D eigenvalue weighted by atomic mass is 16.5. The maximum Gasteiger partial charge on any atom is 0.262 e. The molecule has 2 fully saturated rings. The summed E-state index contributed by atoms with van der Waals surface area (Å²) in [5.74, 6) is 1.55. The first-order valence-corrected chi connectivity index (χ1v) is 11.8. The van der Waals surface area contributed by atoms with Gasteiger partial charge in [-0.1, -0.05) is 25.7 Å². The topological polar surface area (TPSA) is 88.1 Å². The maximum absolute atomic E-state index is 13.2. The number of rotatable bonds is 4. The molecule has 32 heavy (non-hydrogen) atoms. The Morgan fingerprint density at radius 2 is 1.84 bits per heavy atom. The summed E-state index contributed by atoms with van der Waals surface area (Å²) in [5.41, 5.74) is 3.32. The summed E-state index contributed by atoms with van der Waals surface area (Å²) in [5, 5.41) is 8.77. The van der Waals surface area contributed by atoms with E-state index >= 15 is 0 Å². The molecule has 1 aliphatic heterocycles. The van der Waals surface area contributed by atoms with Gasteiger partial charge in [-0.2, -0.15) is 5.10 Å². The molecule has 8 nitrogen and oxygen atoms in total. The van der Waals surface area contributed by atoms with Crippen LogP contribution in [0.1, 0.15) is 50.1 Å². The van der Waals surface area contributed by atoms with Crippen molar-refractivity contribution >= 4 is 16.7 Å². The molecule has 0 atom stereocenters. The fourth-order valence-electron chi connectivity index (χ4n) is 5.15. The van der Waals surface area contributed by atoms with Gasteiger partial charge in [0.25, 0.3) is 5.56 Å². The van der Waals surface area contributed by atoms with Crippen LogP contribution >= 0.6 is 0 Å². The van der Waals surface area contributed by atoms with Crippen LogP contribution < -0.4 is 20.5 Å². The molecule has 0 bridgehead atoms. The van der Waals surface area contributed by atoms with E-state index < -0.39 is 0 Å². The second kappa shape index (κ2) is 8.94. The molecule has 3 aromatic rings. The van der Waals surface area contributed by atoms with Crippen molar-refractivity contribution < 1.29 is 4.74 Å². The maximum atomic E-state index is 13.2. The smallest absolute Gasteiger partial charge is 0.262 e. The molecule has 1 aromatic carbocycles. The molecule has 0 amide bonds. The van der Waals surface area contributed by atoms with Crippen LogP contribution in [0.15, 0.2) is 23.0 Å². The predicted octanol–water partition coefficient (Wildman–Crippen LogP) is 3.18. The number of nitrogens with one attached hydrogen (secondary N) is 2. The van der Waals surface area contributed by atoms with Crippen molar-refractivity contribution in [1.82, 2.24) is 25.1 Å². The van der Waals surface area contributed by atoms with Gasteiger partial charge in [-0.3, -0.25) is 4.79 Å². The van der Waals surface area contributed by atoms with E-state index in [1.54, 1.807) is 11.8 Å². The Balaban J connectivity index is 1.55. The van der Waals surface area contributed by atoms with Crippen LogP contribution in [-0.2, 0) is 7.05 Å².